The Morgan fingerprint density at radius 2 is 2.36 bits per heavy atom. The molecule has 0 heterocycles. The molecule has 64 valence electrons. The van der Waals surface area contributed by atoms with E-state index in [0.29, 0.717) is 0 Å². The smallest absolute Gasteiger partial charge is 0.233 e. The van der Waals surface area contributed by atoms with Gasteiger partial charge < -0.3 is 15.8 Å². The summed E-state index contributed by atoms with van der Waals surface area (Å²) in [4.78, 5) is 1.89. The number of oxime groups is 1. The van der Waals surface area contributed by atoms with Gasteiger partial charge in [0.15, 0.2) is 0 Å². The first-order chi connectivity index (χ1) is 5.27. The normalized spacial score (nSPS) is 18.5. The van der Waals surface area contributed by atoms with Crippen molar-refractivity contribution < 1.29 is 5.21 Å². The highest BCUT2D eigenvalue weighted by atomic mass is 16.4. The van der Waals surface area contributed by atoms with E-state index in [1.165, 1.54) is 12.8 Å². The molecular formula is C7H15N3O. The van der Waals surface area contributed by atoms with Crippen LogP contribution in [-0.4, -0.2) is 29.2 Å². The van der Waals surface area contributed by atoms with Crippen molar-refractivity contribution in [3.8, 4) is 0 Å². The van der Waals surface area contributed by atoms with E-state index in [0.717, 1.165) is 19.0 Å². The fourth-order valence-electron chi connectivity index (χ4n) is 1.06. The molecule has 0 aromatic carbocycles. The van der Waals surface area contributed by atoms with Gasteiger partial charge >= 0.3 is 0 Å². The van der Waals surface area contributed by atoms with Crippen LogP contribution in [0.5, 0.6) is 0 Å². The zero-order valence-corrected chi connectivity index (χ0v) is 6.82. The molecule has 0 saturated heterocycles. The molecule has 1 rings (SSSR count). The first kappa shape index (κ1) is 8.17. The lowest BCUT2D eigenvalue weighted by atomic mass is 10.4. The predicted octanol–water partition coefficient (Wildman–Crippen LogP) is 0.422. The van der Waals surface area contributed by atoms with Gasteiger partial charge in [-0.15, -0.1) is 0 Å². The van der Waals surface area contributed by atoms with Crippen molar-refractivity contribution in [1.82, 2.24) is 4.90 Å². The Morgan fingerprint density at radius 1 is 1.73 bits per heavy atom. The third-order valence-corrected chi connectivity index (χ3v) is 1.98. The van der Waals surface area contributed by atoms with Crippen LogP contribution in [0.25, 0.3) is 0 Å². The monoisotopic (exact) mass is 157 g/mol. The van der Waals surface area contributed by atoms with Crippen LogP contribution >= 0.6 is 0 Å². The van der Waals surface area contributed by atoms with Gasteiger partial charge in [-0.1, -0.05) is 5.16 Å². The Labute approximate surface area is 66.7 Å². The molecule has 0 spiro atoms. The average molecular weight is 157 g/mol. The number of hydrogen-bond acceptors (Lipinski definition) is 2. The van der Waals surface area contributed by atoms with E-state index in [4.69, 9.17) is 10.9 Å². The van der Waals surface area contributed by atoms with E-state index in [9.17, 15) is 0 Å². The summed E-state index contributed by atoms with van der Waals surface area (Å²) in [5, 5.41) is 11.4. The zero-order valence-electron chi connectivity index (χ0n) is 6.82. The maximum absolute atomic E-state index is 8.39. The van der Waals surface area contributed by atoms with Gasteiger partial charge in [0.05, 0.1) is 0 Å². The lowest BCUT2D eigenvalue weighted by Crippen LogP contribution is -2.38. The third-order valence-electron chi connectivity index (χ3n) is 1.98. The fourth-order valence-corrected chi connectivity index (χ4v) is 1.06. The van der Waals surface area contributed by atoms with Gasteiger partial charge in [0.2, 0.25) is 5.96 Å². The van der Waals surface area contributed by atoms with Gasteiger partial charge in [0.25, 0.3) is 0 Å². The van der Waals surface area contributed by atoms with E-state index in [2.05, 4.69) is 5.16 Å². The topological polar surface area (TPSA) is 61.8 Å². The SMILES string of the molecule is CCN(CC1CC1)C(N)=NO. The Morgan fingerprint density at radius 3 is 2.73 bits per heavy atom. The first-order valence-electron chi connectivity index (χ1n) is 4.00. The number of guanidine groups is 1. The van der Waals surface area contributed by atoms with Crippen molar-refractivity contribution in [3.05, 3.63) is 0 Å². The van der Waals surface area contributed by atoms with Crippen LogP contribution in [-0.2, 0) is 0 Å². The largest absolute Gasteiger partial charge is 0.408 e. The molecule has 0 atom stereocenters. The first-order valence-corrected chi connectivity index (χ1v) is 4.00. The van der Waals surface area contributed by atoms with Crippen molar-refractivity contribution in [2.24, 2.45) is 16.8 Å². The van der Waals surface area contributed by atoms with Gasteiger partial charge in [-0.05, 0) is 25.7 Å². The number of nitrogens with zero attached hydrogens (tertiary/aromatic N) is 2. The summed E-state index contributed by atoms with van der Waals surface area (Å²) in [6.45, 7) is 3.75. The molecule has 1 aliphatic rings. The van der Waals surface area contributed by atoms with Crippen LogP contribution in [0.15, 0.2) is 5.16 Å². The van der Waals surface area contributed by atoms with E-state index in [1.807, 2.05) is 11.8 Å². The summed E-state index contributed by atoms with van der Waals surface area (Å²) >= 11 is 0. The molecule has 0 unspecified atom stereocenters. The molecule has 1 saturated carbocycles. The second kappa shape index (κ2) is 3.46. The summed E-state index contributed by atoms with van der Waals surface area (Å²) in [7, 11) is 0. The van der Waals surface area contributed by atoms with Crippen LogP contribution in [0, 0.1) is 5.92 Å². The summed E-state index contributed by atoms with van der Waals surface area (Å²) < 4.78 is 0. The van der Waals surface area contributed by atoms with Crippen LogP contribution in [0.1, 0.15) is 19.8 Å². The van der Waals surface area contributed by atoms with Gasteiger partial charge in [-0.3, -0.25) is 0 Å². The molecule has 0 amide bonds. The van der Waals surface area contributed by atoms with Gasteiger partial charge in [0.1, 0.15) is 0 Å². The summed E-state index contributed by atoms with van der Waals surface area (Å²) in [5.74, 6) is 1.01. The molecule has 1 aliphatic carbocycles. The van der Waals surface area contributed by atoms with Crippen molar-refractivity contribution in [2.45, 2.75) is 19.8 Å². The van der Waals surface area contributed by atoms with Crippen LogP contribution in [0.3, 0.4) is 0 Å². The standard InChI is InChI=1S/C7H15N3O/c1-2-10(7(8)9-11)5-6-3-4-6/h6,11H,2-5H2,1H3,(H2,8,9). The molecule has 0 aromatic heterocycles. The second-order valence-electron chi connectivity index (χ2n) is 2.94. The third kappa shape index (κ3) is 2.29. The van der Waals surface area contributed by atoms with E-state index >= 15 is 0 Å². The average Bonchev–Trinajstić information content (AvgIpc) is 2.82. The molecule has 0 radical (unpaired) electrons. The molecule has 1 fully saturated rings. The molecule has 3 N–H and O–H groups in total. The Kier molecular flexibility index (Phi) is 2.57. The summed E-state index contributed by atoms with van der Waals surface area (Å²) in [5.41, 5.74) is 5.43. The maximum Gasteiger partial charge on any atom is 0.233 e. The lowest BCUT2D eigenvalue weighted by molar-refractivity contribution is 0.297. The molecular weight excluding hydrogens is 142 g/mol. The van der Waals surface area contributed by atoms with E-state index < -0.39 is 0 Å². The fraction of sp³-hybridized carbons (Fsp3) is 0.857. The van der Waals surface area contributed by atoms with Gasteiger partial charge in [-0.2, -0.15) is 0 Å². The second-order valence-corrected chi connectivity index (χ2v) is 2.94. The highest BCUT2D eigenvalue weighted by molar-refractivity contribution is 5.77. The van der Waals surface area contributed by atoms with Crippen molar-refractivity contribution >= 4 is 5.96 Å². The van der Waals surface area contributed by atoms with Crippen molar-refractivity contribution in [1.29, 1.82) is 0 Å². The minimum absolute atomic E-state index is 0.236. The Balaban J connectivity index is 2.34. The molecule has 4 heteroatoms. The lowest BCUT2D eigenvalue weighted by Gasteiger charge is -2.19. The maximum atomic E-state index is 8.39. The minimum atomic E-state index is 0.236. The van der Waals surface area contributed by atoms with Crippen molar-refractivity contribution in [2.75, 3.05) is 13.1 Å². The minimum Gasteiger partial charge on any atom is -0.408 e. The predicted molar refractivity (Wildman–Crippen MR) is 43.4 cm³/mol. The Hall–Kier alpha value is -0.930. The molecule has 0 aliphatic heterocycles. The Bertz CT molecular complexity index is 154. The number of rotatable bonds is 3. The molecule has 0 aromatic rings. The van der Waals surface area contributed by atoms with Crippen LogP contribution in [0.4, 0.5) is 0 Å². The highest BCUT2D eigenvalue weighted by Crippen LogP contribution is 2.29. The highest BCUT2D eigenvalue weighted by Gasteiger charge is 2.24. The number of hydrogen-bond donors (Lipinski definition) is 2. The molecule has 0 bridgehead atoms. The number of nitrogens with two attached hydrogens (primary N) is 1. The summed E-state index contributed by atoms with van der Waals surface area (Å²) in [6, 6.07) is 0. The van der Waals surface area contributed by atoms with Gasteiger partial charge in [-0.25, -0.2) is 0 Å². The quantitative estimate of drug-likeness (QED) is 0.270. The van der Waals surface area contributed by atoms with Crippen molar-refractivity contribution in [3.63, 3.8) is 0 Å². The summed E-state index contributed by atoms with van der Waals surface area (Å²) in [6.07, 6.45) is 2.57. The van der Waals surface area contributed by atoms with Crippen LogP contribution < -0.4 is 5.73 Å². The molecule has 4 nitrogen and oxygen atoms in total. The van der Waals surface area contributed by atoms with Gasteiger partial charge in [0, 0.05) is 13.1 Å². The molecule has 11 heavy (non-hydrogen) atoms. The van der Waals surface area contributed by atoms with Crippen LogP contribution in [0.2, 0.25) is 0 Å². The van der Waals surface area contributed by atoms with E-state index in [1.54, 1.807) is 0 Å². The zero-order chi connectivity index (χ0) is 8.27. The van der Waals surface area contributed by atoms with E-state index in [-0.39, 0.29) is 5.96 Å².